The molecule has 0 aromatic heterocycles. The van der Waals surface area contributed by atoms with E-state index in [0.29, 0.717) is 28.5 Å². The van der Waals surface area contributed by atoms with Gasteiger partial charge in [0, 0.05) is 11.2 Å². The molecule has 0 radical (unpaired) electrons. The largest absolute Gasteiger partial charge is 0.478 e. The molecule has 4 rings (SSSR count). The second-order valence-electron chi connectivity index (χ2n) is 8.25. The Hall–Kier alpha value is -3.87. The fourth-order valence-electron chi connectivity index (χ4n) is 3.73. The SMILES string of the molecule is CS(=O)(=O)c1ccc(Oc2ccc(CC3Sc4ccc(C(=O)O)cc4N(CC(=O)NO)C3=O)cc2)cc1. The lowest BCUT2D eigenvalue weighted by Gasteiger charge is -2.33. The summed E-state index contributed by atoms with van der Waals surface area (Å²) in [5.41, 5.74) is 2.59. The molecule has 2 amide bonds. The summed E-state index contributed by atoms with van der Waals surface area (Å²) in [6, 6.07) is 17.4. The highest BCUT2D eigenvalue weighted by Crippen LogP contribution is 2.41. The van der Waals surface area contributed by atoms with Crippen LogP contribution in [0, 0.1) is 0 Å². The van der Waals surface area contributed by atoms with Crippen molar-refractivity contribution in [2.24, 2.45) is 0 Å². The maximum absolute atomic E-state index is 13.3. The number of hydrogen-bond acceptors (Lipinski definition) is 8. The normalized spacial score (nSPS) is 15.1. The fraction of sp³-hybridized carbons (Fsp3) is 0.160. The Bertz CT molecular complexity index is 1460. The second kappa shape index (κ2) is 10.6. The van der Waals surface area contributed by atoms with Gasteiger partial charge in [0.25, 0.3) is 5.91 Å². The van der Waals surface area contributed by atoms with Crippen LogP contribution in [0.2, 0.25) is 0 Å². The van der Waals surface area contributed by atoms with E-state index >= 15 is 0 Å². The van der Waals surface area contributed by atoms with Crippen molar-refractivity contribution in [3.63, 3.8) is 0 Å². The molecule has 3 N–H and O–H groups in total. The Balaban J connectivity index is 1.50. The number of carbonyl (C=O) groups excluding carboxylic acids is 2. The number of benzene rings is 3. The Kier molecular flexibility index (Phi) is 7.52. The Morgan fingerprint density at radius 1 is 1.03 bits per heavy atom. The summed E-state index contributed by atoms with van der Waals surface area (Å²) >= 11 is 1.27. The van der Waals surface area contributed by atoms with E-state index in [1.165, 1.54) is 46.4 Å². The minimum Gasteiger partial charge on any atom is -0.478 e. The molecule has 1 atom stereocenters. The Morgan fingerprint density at radius 3 is 2.22 bits per heavy atom. The first-order valence-electron chi connectivity index (χ1n) is 10.9. The zero-order chi connectivity index (χ0) is 26.7. The van der Waals surface area contributed by atoms with Gasteiger partial charge in [-0.1, -0.05) is 12.1 Å². The number of aromatic carboxylic acids is 1. The first-order chi connectivity index (χ1) is 17.5. The third-order valence-corrected chi connectivity index (χ3v) is 7.95. The van der Waals surface area contributed by atoms with Crippen molar-refractivity contribution >= 4 is 45.1 Å². The highest BCUT2D eigenvalue weighted by molar-refractivity contribution is 8.01. The molecule has 1 aliphatic rings. The maximum atomic E-state index is 13.3. The number of anilines is 1. The average molecular weight is 543 g/mol. The molecule has 1 unspecified atom stereocenters. The molecule has 0 aliphatic carbocycles. The van der Waals surface area contributed by atoms with Crippen LogP contribution in [0.1, 0.15) is 15.9 Å². The topological polar surface area (TPSA) is 150 Å². The summed E-state index contributed by atoms with van der Waals surface area (Å²) in [5, 5.41) is 17.7. The third kappa shape index (κ3) is 6.10. The number of carboxylic acids is 1. The number of amides is 2. The summed E-state index contributed by atoms with van der Waals surface area (Å²) in [7, 11) is -3.30. The van der Waals surface area contributed by atoms with Crippen LogP contribution in [0.15, 0.2) is 76.5 Å². The number of nitrogens with zero attached hydrogens (tertiary/aromatic N) is 1. The zero-order valence-electron chi connectivity index (χ0n) is 19.5. The molecule has 0 fully saturated rings. The lowest BCUT2D eigenvalue weighted by atomic mass is 10.1. The number of sulfone groups is 1. The van der Waals surface area contributed by atoms with E-state index in [-0.39, 0.29) is 10.5 Å². The van der Waals surface area contributed by atoms with Crippen molar-refractivity contribution in [3.05, 3.63) is 77.9 Å². The van der Waals surface area contributed by atoms with Crippen molar-refractivity contribution in [3.8, 4) is 11.5 Å². The first-order valence-corrected chi connectivity index (χ1v) is 13.7. The number of hydroxylamine groups is 1. The minimum absolute atomic E-state index is 0.0263. The number of hydrogen-bond donors (Lipinski definition) is 3. The molecule has 1 heterocycles. The number of fused-ring (bicyclic) bond motifs is 1. The van der Waals surface area contributed by atoms with Crippen LogP contribution in [0.5, 0.6) is 11.5 Å². The van der Waals surface area contributed by atoms with Gasteiger partial charge in [0.2, 0.25) is 5.91 Å². The fourth-order valence-corrected chi connectivity index (χ4v) is 5.60. The first kappa shape index (κ1) is 26.2. The molecule has 12 heteroatoms. The minimum atomic E-state index is -3.30. The van der Waals surface area contributed by atoms with Gasteiger partial charge in [-0.15, -0.1) is 11.8 Å². The summed E-state index contributed by atoms with van der Waals surface area (Å²) in [6.07, 6.45) is 1.45. The smallest absolute Gasteiger partial charge is 0.335 e. The number of ether oxygens (including phenoxy) is 1. The lowest BCUT2D eigenvalue weighted by Crippen LogP contribution is -2.46. The Morgan fingerprint density at radius 2 is 1.65 bits per heavy atom. The third-order valence-electron chi connectivity index (χ3n) is 5.57. The molecule has 3 aromatic carbocycles. The quantitative estimate of drug-likeness (QED) is 0.288. The molecule has 0 saturated heterocycles. The Labute approximate surface area is 216 Å². The number of carboxylic acid groups (broad SMARTS) is 1. The van der Waals surface area contributed by atoms with Gasteiger partial charge in [-0.3, -0.25) is 14.8 Å². The molecule has 192 valence electrons. The van der Waals surface area contributed by atoms with Gasteiger partial charge >= 0.3 is 5.97 Å². The van der Waals surface area contributed by atoms with Crippen molar-refractivity contribution < 1.29 is 37.9 Å². The van der Waals surface area contributed by atoms with Gasteiger partial charge in [-0.2, -0.15) is 0 Å². The molecule has 0 spiro atoms. The monoisotopic (exact) mass is 542 g/mol. The number of thioether (sulfide) groups is 1. The highest BCUT2D eigenvalue weighted by atomic mass is 32.2. The van der Waals surface area contributed by atoms with Gasteiger partial charge in [0.15, 0.2) is 9.84 Å². The molecular weight excluding hydrogens is 520 g/mol. The van der Waals surface area contributed by atoms with Gasteiger partial charge in [-0.05, 0) is 66.6 Å². The van der Waals surface area contributed by atoms with Crippen molar-refractivity contribution in [1.82, 2.24) is 5.48 Å². The van der Waals surface area contributed by atoms with E-state index in [4.69, 9.17) is 9.94 Å². The molecule has 37 heavy (non-hydrogen) atoms. The predicted octanol–water partition coefficient (Wildman–Crippen LogP) is 3.14. The van der Waals surface area contributed by atoms with E-state index in [9.17, 15) is 27.9 Å². The summed E-state index contributed by atoms with van der Waals surface area (Å²) in [4.78, 5) is 38.5. The van der Waals surface area contributed by atoms with Crippen LogP contribution in [0.25, 0.3) is 0 Å². The summed E-state index contributed by atoms with van der Waals surface area (Å²) in [6.45, 7) is -0.465. The zero-order valence-corrected chi connectivity index (χ0v) is 21.1. The lowest BCUT2D eigenvalue weighted by molar-refractivity contribution is -0.129. The molecule has 3 aromatic rings. The van der Waals surface area contributed by atoms with Crippen molar-refractivity contribution in [2.75, 3.05) is 17.7 Å². The van der Waals surface area contributed by atoms with Crippen LogP contribution >= 0.6 is 11.8 Å². The number of nitrogens with one attached hydrogen (secondary N) is 1. The maximum Gasteiger partial charge on any atom is 0.335 e. The number of rotatable bonds is 8. The standard InChI is InChI=1S/C25H22N2O8S2/c1-37(33,34)19-9-7-18(8-10-19)35-17-5-2-15(3-6-17)12-22-24(29)27(14-23(28)26-32)20-13-16(25(30)31)4-11-21(20)36-22/h2-11,13,22,32H,12,14H2,1H3,(H,26,28)(H,30,31). The average Bonchev–Trinajstić information content (AvgIpc) is 2.87. The summed E-state index contributed by atoms with van der Waals surface area (Å²) < 4.78 is 29.0. The van der Waals surface area contributed by atoms with Crippen LogP contribution < -0.4 is 15.1 Å². The molecule has 0 saturated carbocycles. The van der Waals surface area contributed by atoms with E-state index < -0.39 is 39.4 Å². The van der Waals surface area contributed by atoms with Gasteiger partial charge < -0.3 is 14.7 Å². The van der Waals surface area contributed by atoms with Gasteiger partial charge in [0.1, 0.15) is 18.0 Å². The highest BCUT2D eigenvalue weighted by Gasteiger charge is 2.35. The van der Waals surface area contributed by atoms with Crippen molar-refractivity contribution in [1.29, 1.82) is 0 Å². The van der Waals surface area contributed by atoms with Gasteiger partial charge in [0.05, 0.1) is 21.4 Å². The van der Waals surface area contributed by atoms with E-state index in [1.54, 1.807) is 42.5 Å². The van der Waals surface area contributed by atoms with E-state index in [1.807, 2.05) is 0 Å². The molecular formula is C25H22N2O8S2. The predicted molar refractivity (Wildman–Crippen MR) is 135 cm³/mol. The van der Waals surface area contributed by atoms with E-state index in [0.717, 1.165) is 11.8 Å². The van der Waals surface area contributed by atoms with Crippen molar-refractivity contribution in [2.45, 2.75) is 21.5 Å². The number of carbonyl (C=O) groups is 3. The second-order valence-corrected chi connectivity index (χ2v) is 11.5. The molecule has 10 nitrogen and oxygen atoms in total. The van der Waals surface area contributed by atoms with Crippen LogP contribution in [-0.4, -0.2) is 54.6 Å². The molecule has 1 aliphatic heterocycles. The molecule has 0 bridgehead atoms. The van der Waals surface area contributed by atoms with Crippen LogP contribution in [0.4, 0.5) is 5.69 Å². The van der Waals surface area contributed by atoms with Gasteiger partial charge in [-0.25, -0.2) is 18.7 Å². The van der Waals surface area contributed by atoms with Crippen LogP contribution in [-0.2, 0) is 25.8 Å². The van der Waals surface area contributed by atoms with E-state index in [2.05, 4.69) is 0 Å². The van der Waals surface area contributed by atoms with Crippen LogP contribution in [0.3, 0.4) is 0 Å². The summed E-state index contributed by atoms with van der Waals surface area (Å²) in [5.74, 6) is -1.38.